The molecule has 0 amide bonds. The van der Waals surface area contributed by atoms with E-state index in [0.29, 0.717) is 11.8 Å². The van der Waals surface area contributed by atoms with Gasteiger partial charge in [0.05, 0.1) is 18.7 Å². The number of rotatable bonds is 4. The minimum atomic E-state index is 0.374. The molecule has 1 atom stereocenters. The molecule has 1 unspecified atom stereocenters. The van der Waals surface area contributed by atoms with Crippen molar-refractivity contribution in [3.05, 3.63) is 35.9 Å². The van der Waals surface area contributed by atoms with Gasteiger partial charge < -0.3 is 8.94 Å². The molecule has 1 aliphatic carbocycles. The third-order valence-corrected chi connectivity index (χ3v) is 4.21. The van der Waals surface area contributed by atoms with Gasteiger partial charge in [-0.15, -0.1) is 0 Å². The van der Waals surface area contributed by atoms with E-state index in [-0.39, 0.29) is 0 Å². The van der Waals surface area contributed by atoms with Crippen LogP contribution in [0.25, 0.3) is 0 Å². The predicted molar refractivity (Wildman–Crippen MR) is 72.2 cm³/mol. The maximum absolute atomic E-state index is 5.48. The summed E-state index contributed by atoms with van der Waals surface area (Å²) in [6.07, 6.45) is 6.48. The fraction of sp³-hybridized carbons (Fsp3) is 0.600. The minimum Gasteiger partial charge on any atom is -0.468 e. The van der Waals surface area contributed by atoms with E-state index in [0.717, 1.165) is 43.5 Å². The Morgan fingerprint density at radius 3 is 3.00 bits per heavy atom. The van der Waals surface area contributed by atoms with Crippen LogP contribution in [0.2, 0.25) is 0 Å². The molecule has 1 saturated heterocycles. The van der Waals surface area contributed by atoms with Crippen molar-refractivity contribution in [2.24, 2.45) is 0 Å². The summed E-state index contributed by atoms with van der Waals surface area (Å²) < 4.78 is 10.9. The van der Waals surface area contributed by atoms with Crippen molar-refractivity contribution in [1.82, 2.24) is 15.0 Å². The van der Waals surface area contributed by atoms with Crippen molar-refractivity contribution in [2.45, 2.75) is 44.1 Å². The van der Waals surface area contributed by atoms with Crippen LogP contribution in [0, 0.1) is 0 Å². The fourth-order valence-electron chi connectivity index (χ4n) is 2.94. The lowest BCUT2D eigenvalue weighted by atomic mass is 9.98. The van der Waals surface area contributed by atoms with Gasteiger partial charge in [-0.05, 0) is 44.4 Å². The van der Waals surface area contributed by atoms with Gasteiger partial charge in [-0.3, -0.25) is 4.90 Å². The first-order chi connectivity index (χ1) is 9.88. The lowest BCUT2D eigenvalue weighted by molar-refractivity contribution is 0.169. The second-order valence-electron chi connectivity index (χ2n) is 5.92. The topological polar surface area (TPSA) is 55.3 Å². The van der Waals surface area contributed by atoms with Gasteiger partial charge in [-0.2, -0.15) is 4.98 Å². The van der Waals surface area contributed by atoms with Crippen LogP contribution in [0.1, 0.15) is 55.0 Å². The predicted octanol–water partition coefficient (Wildman–Crippen LogP) is 2.92. The average molecular weight is 273 g/mol. The van der Waals surface area contributed by atoms with Gasteiger partial charge in [0.25, 0.3) is 0 Å². The largest absolute Gasteiger partial charge is 0.468 e. The van der Waals surface area contributed by atoms with E-state index in [4.69, 9.17) is 8.94 Å². The summed E-state index contributed by atoms with van der Waals surface area (Å²) >= 11 is 0. The fourth-order valence-corrected chi connectivity index (χ4v) is 2.94. The summed E-state index contributed by atoms with van der Waals surface area (Å²) in [5.41, 5.74) is 0. The highest BCUT2D eigenvalue weighted by Gasteiger charge is 2.31. The van der Waals surface area contributed by atoms with Crippen LogP contribution in [0.4, 0.5) is 0 Å². The van der Waals surface area contributed by atoms with E-state index in [9.17, 15) is 0 Å². The van der Waals surface area contributed by atoms with Gasteiger partial charge in [0.15, 0.2) is 5.82 Å². The summed E-state index contributed by atoms with van der Waals surface area (Å²) in [6.45, 7) is 2.96. The molecule has 0 bridgehead atoms. The van der Waals surface area contributed by atoms with Crippen molar-refractivity contribution in [2.75, 3.05) is 13.1 Å². The highest BCUT2D eigenvalue weighted by atomic mass is 16.5. The normalized spacial score (nSPS) is 24.1. The van der Waals surface area contributed by atoms with Gasteiger partial charge in [-0.1, -0.05) is 5.16 Å². The van der Waals surface area contributed by atoms with Crippen molar-refractivity contribution < 1.29 is 8.94 Å². The van der Waals surface area contributed by atoms with Crippen LogP contribution < -0.4 is 0 Å². The SMILES string of the molecule is c1coc(CN2CCCC(c3nc(C4CC4)no3)C2)c1. The van der Waals surface area contributed by atoms with Crippen molar-refractivity contribution in [3.8, 4) is 0 Å². The molecule has 1 aliphatic heterocycles. The van der Waals surface area contributed by atoms with Gasteiger partial charge in [0.1, 0.15) is 5.76 Å². The van der Waals surface area contributed by atoms with Gasteiger partial charge >= 0.3 is 0 Å². The van der Waals surface area contributed by atoms with Crippen molar-refractivity contribution >= 4 is 0 Å². The van der Waals surface area contributed by atoms with E-state index in [1.54, 1.807) is 6.26 Å². The Bertz CT molecular complexity index is 559. The Labute approximate surface area is 118 Å². The molecule has 20 heavy (non-hydrogen) atoms. The molecule has 0 radical (unpaired) electrons. The Kier molecular flexibility index (Phi) is 3.07. The summed E-state index contributed by atoms with van der Waals surface area (Å²) in [7, 11) is 0. The number of hydrogen-bond donors (Lipinski definition) is 0. The van der Waals surface area contributed by atoms with E-state index in [1.165, 1.54) is 19.3 Å². The van der Waals surface area contributed by atoms with Crippen LogP contribution in [0.3, 0.4) is 0 Å². The molecule has 0 spiro atoms. The second-order valence-corrected chi connectivity index (χ2v) is 5.92. The summed E-state index contributed by atoms with van der Waals surface area (Å²) in [4.78, 5) is 7.01. The number of furan rings is 1. The third-order valence-electron chi connectivity index (χ3n) is 4.21. The van der Waals surface area contributed by atoms with E-state index in [1.807, 2.05) is 12.1 Å². The molecule has 4 rings (SSSR count). The molecule has 5 nitrogen and oxygen atoms in total. The maximum atomic E-state index is 5.48. The van der Waals surface area contributed by atoms with Crippen molar-refractivity contribution in [1.29, 1.82) is 0 Å². The molecule has 1 saturated carbocycles. The average Bonchev–Trinajstić information content (AvgIpc) is 3.00. The molecule has 2 fully saturated rings. The highest BCUT2D eigenvalue weighted by molar-refractivity contribution is 5.06. The lowest BCUT2D eigenvalue weighted by Crippen LogP contribution is -2.33. The molecular formula is C15H19N3O2. The number of nitrogens with zero attached hydrogens (tertiary/aromatic N) is 3. The Morgan fingerprint density at radius 2 is 2.20 bits per heavy atom. The lowest BCUT2D eigenvalue weighted by Gasteiger charge is -2.30. The van der Waals surface area contributed by atoms with Crippen LogP contribution in [-0.4, -0.2) is 28.1 Å². The molecule has 2 aliphatic rings. The van der Waals surface area contributed by atoms with Crippen LogP contribution >= 0.6 is 0 Å². The van der Waals surface area contributed by atoms with Crippen molar-refractivity contribution in [3.63, 3.8) is 0 Å². The number of piperidine rings is 1. The second kappa shape index (κ2) is 5.05. The number of hydrogen-bond acceptors (Lipinski definition) is 5. The summed E-state index contributed by atoms with van der Waals surface area (Å²) in [6, 6.07) is 3.97. The molecule has 0 N–H and O–H groups in total. The monoisotopic (exact) mass is 273 g/mol. The first-order valence-electron chi connectivity index (χ1n) is 7.47. The first-order valence-corrected chi connectivity index (χ1v) is 7.47. The van der Waals surface area contributed by atoms with E-state index < -0.39 is 0 Å². The Hall–Kier alpha value is -1.62. The molecule has 3 heterocycles. The van der Waals surface area contributed by atoms with Crippen LogP contribution in [0.5, 0.6) is 0 Å². The highest BCUT2D eigenvalue weighted by Crippen LogP contribution is 2.39. The molecule has 0 aromatic carbocycles. The zero-order valence-corrected chi connectivity index (χ0v) is 11.5. The van der Waals surface area contributed by atoms with Gasteiger partial charge in [0.2, 0.25) is 5.89 Å². The van der Waals surface area contributed by atoms with Gasteiger partial charge in [-0.25, -0.2) is 0 Å². The zero-order chi connectivity index (χ0) is 13.4. The van der Waals surface area contributed by atoms with Crippen LogP contribution in [0.15, 0.2) is 27.3 Å². The zero-order valence-electron chi connectivity index (χ0n) is 11.5. The van der Waals surface area contributed by atoms with E-state index in [2.05, 4.69) is 15.0 Å². The standard InChI is InChI=1S/C15H19N3O2/c1-3-12(15-16-14(17-20-15)11-5-6-11)9-18(7-1)10-13-4-2-8-19-13/h2,4,8,11-12H,1,3,5-7,9-10H2. The smallest absolute Gasteiger partial charge is 0.231 e. The third kappa shape index (κ3) is 2.50. The number of aromatic nitrogens is 2. The van der Waals surface area contributed by atoms with Gasteiger partial charge in [0, 0.05) is 12.5 Å². The summed E-state index contributed by atoms with van der Waals surface area (Å²) in [5.74, 6) is 3.71. The maximum Gasteiger partial charge on any atom is 0.231 e. The molecule has 2 aromatic rings. The van der Waals surface area contributed by atoms with Crippen LogP contribution in [-0.2, 0) is 6.54 Å². The first kappa shape index (κ1) is 12.1. The molecular weight excluding hydrogens is 254 g/mol. The number of likely N-dealkylation sites (tertiary alicyclic amines) is 1. The Balaban J connectivity index is 1.42. The minimum absolute atomic E-state index is 0.374. The Morgan fingerprint density at radius 1 is 1.25 bits per heavy atom. The van der Waals surface area contributed by atoms with E-state index >= 15 is 0 Å². The molecule has 5 heteroatoms. The quantitative estimate of drug-likeness (QED) is 0.857. The summed E-state index contributed by atoms with van der Waals surface area (Å²) in [5, 5.41) is 4.13. The molecule has 106 valence electrons. The molecule has 2 aromatic heterocycles.